The molecule has 2 heterocycles. The number of rotatable bonds is 5. The molecule has 0 radical (unpaired) electrons. The lowest BCUT2D eigenvalue weighted by Crippen LogP contribution is -2.09. The van der Waals surface area contributed by atoms with E-state index in [1.54, 1.807) is 18.2 Å². The second-order valence-corrected chi connectivity index (χ2v) is 9.83. The third-order valence-corrected chi connectivity index (χ3v) is 6.80. The Morgan fingerprint density at radius 1 is 0.947 bits per heavy atom. The number of thiol groups is 1. The van der Waals surface area contributed by atoms with Crippen molar-refractivity contribution in [2.75, 3.05) is 0 Å². The minimum Gasteiger partial charge on any atom is -0.301 e. The van der Waals surface area contributed by atoms with Crippen molar-refractivity contribution in [3.8, 4) is 33.8 Å². The van der Waals surface area contributed by atoms with E-state index in [2.05, 4.69) is 15.3 Å². The standard InChI is InChI=1S/C24H13Cl2F4N5O2S/c25-15-4-5-17(18(26)9-15)21-10-32-33-35(21)20-8-14(13-2-1-3-16(6-13)38(36)37)7-19(27)23(20)34-11-22(31-12-34)24(28,29)30/h1-12,38H. The molecule has 0 saturated heterocycles. The van der Waals surface area contributed by atoms with Gasteiger partial charge >= 0.3 is 6.18 Å². The molecular formula is C24H13Cl2F4N5O2S. The summed E-state index contributed by atoms with van der Waals surface area (Å²) in [6, 6.07) is 12.9. The minimum absolute atomic E-state index is 0.00218. The van der Waals surface area contributed by atoms with Crippen LogP contribution in [-0.2, 0) is 16.9 Å². The fraction of sp³-hybridized carbons (Fsp3) is 0.0417. The predicted molar refractivity (Wildman–Crippen MR) is 133 cm³/mol. The highest BCUT2D eigenvalue weighted by molar-refractivity contribution is 7.72. The second-order valence-electron chi connectivity index (χ2n) is 7.95. The van der Waals surface area contributed by atoms with Crippen molar-refractivity contribution in [3.63, 3.8) is 0 Å². The lowest BCUT2D eigenvalue weighted by atomic mass is 10.0. The van der Waals surface area contributed by atoms with E-state index in [4.69, 9.17) is 23.2 Å². The highest BCUT2D eigenvalue weighted by Crippen LogP contribution is 2.36. The van der Waals surface area contributed by atoms with Crippen molar-refractivity contribution in [2.45, 2.75) is 11.1 Å². The van der Waals surface area contributed by atoms with Crippen LogP contribution in [0.3, 0.4) is 0 Å². The Bertz CT molecular complexity index is 1760. The van der Waals surface area contributed by atoms with Gasteiger partial charge in [-0.3, -0.25) is 0 Å². The van der Waals surface area contributed by atoms with Crippen LogP contribution in [0.5, 0.6) is 0 Å². The molecule has 0 N–H and O–H groups in total. The van der Waals surface area contributed by atoms with E-state index in [-0.39, 0.29) is 32.6 Å². The third-order valence-electron chi connectivity index (χ3n) is 5.55. The zero-order chi connectivity index (χ0) is 27.2. The fourth-order valence-electron chi connectivity index (χ4n) is 3.85. The van der Waals surface area contributed by atoms with E-state index in [0.29, 0.717) is 22.3 Å². The van der Waals surface area contributed by atoms with Crippen LogP contribution in [0.2, 0.25) is 10.0 Å². The molecule has 0 bridgehead atoms. The van der Waals surface area contributed by atoms with Gasteiger partial charge in [-0.2, -0.15) is 13.2 Å². The van der Waals surface area contributed by atoms with E-state index < -0.39 is 28.4 Å². The summed E-state index contributed by atoms with van der Waals surface area (Å²) in [4.78, 5) is 3.37. The van der Waals surface area contributed by atoms with Crippen molar-refractivity contribution < 1.29 is 26.0 Å². The number of halogens is 6. The maximum Gasteiger partial charge on any atom is 0.434 e. The van der Waals surface area contributed by atoms with Gasteiger partial charge in [0.25, 0.3) is 0 Å². The summed E-state index contributed by atoms with van der Waals surface area (Å²) < 4.78 is 80.7. The molecule has 0 amide bonds. The molecule has 0 unspecified atom stereocenters. The monoisotopic (exact) mass is 581 g/mol. The normalized spacial score (nSPS) is 11.9. The Morgan fingerprint density at radius 2 is 1.74 bits per heavy atom. The second kappa shape index (κ2) is 9.86. The number of imidazole rings is 1. The molecule has 0 spiro atoms. The molecule has 7 nitrogen and oxygen atoms in total. The number of nitrogens with zero attached hydrogens (tertiary/aromatic N) is 5. The van der Waals surface area contributed by atoms with Gasteiger partial charge in [-0.05, 0) is 53.6 Å². The quantitative estimate of drug-likeness (QED) is 0.197. The van der Waals surface area contributed by atoms with Gasteiger partial charge in [0.05, 0.1) is 27.5 Å². The first-order valence-electron chi connectivity index (χ1n) is 10.6. The maximum absolute atomic E-state index is 15.8. The van der Waals surface area contributed by atoms with Gasteiger partial charge in [-0.15, -0.1) is 5.10 Å². The molecule has 0 saturated carbocycles. The predicted octanol–water partition coefficient (Wildman–Crippen LogP) is 6.22. The first-order valence-corrected chi connectivity index (χ1v) is 12.5. The average molecular weight is 582 g/mol. The van der Waals surface area contributed by atoms with Crippen LogP contribution in [0.15, 0.2) is 78.2 Å². The van der Waals surface area contributed by atoms with Gasteiger partial charge < -0.3 is 4.57 Å². The number of hydrogen-bond acceptors (Lipinski definition) is 5. The summed E-state index contributed by atoms with van der Waals surface area (Å²) in [6.45, 7) is 0. The molecule has 0 atom stereocenters. The van der Waals surface area contributed by atoms with E-state index >= 15 is 4.39 Å². The first-order chi connectivity index (χ1) is 18.0. The molecule has 5 aromatic rings. The zero-order valence-electron chi connectivity index (χ0n) is 18.7. The third kappa shape index (κ3) is 4.89. The SMILES string of the molecule is O=[SH](=O)c1cccc(-c2cc(F)c(-n3cnc(C(F)(F)F)c3)c(-n3nncc3-c3ccc(Cl)cc3Cl)c2)c1. The molecule has 38 heavy (non-hydrogen) atoms. The molecular weight excluding hydrogens is 569 g/mol. The largest absolute Gasteiger partial charge is 0.434 e. The number of alkyl halides is 3. The van der Waals surface area contributed by atoms with Crippen molar-refractivity contribution >= 4 is 33.9 Å². The van der Waals surface area contributed by atoms with Crippen LogP contribution in [0.1, 0.15) is 5.69 Å². The lowest BCUT2D eigenvalue weighted by molar-refractivity contribution is -0.140. The summed E-state index contributed by atoms with van der Waals surface area (Å²) in [6.07, 6.45) is -1.93. The molecule has 5 rings (SSSR count). The van der Waals surface area contributed by atoms with Crippen molar-refractivity contribution in [2.24, 2.45) is 0 Å². The zero-order valence-corrected chi connectivity index (χ0v) is 21.1. The van der Waals surface area contributed by atoms with Gasteiger partial charge in [0, 0.05) is 16.8 Å². The Hall–Kier alpha value is -3.74. The van der Waals surface area contributed by atoms with Crippen molar-refractivity contribution in [1.82, 2.24) is 24.5 Å². The highest BCUT2D eigenvalue weighted by atomic mass is 35.5. The van der Waals surface area contributed by atoms with Crippen LogP contribution in [0, 0.1) is 5.82 Å². The Morgan fingerprint density at radius 3 is 2.42 bits per heavy atom. The highest BCUT2D eigenvalue weighted by Gasteiger charge is 2.34. The number of aromatic nitrogens is 5. The molecule has 194 valence electrons. The van der Waals surface area contributed by atoms with Crippen LogP contribution >= 0.6 is 23.2 Å². The molecule has 0 aliphatic rings. The van der Waals surface area contributed by atoms with Crippen LogP contribution in [0.25, 0.3) is 33.8 Å². The molecule has 0 fully saturated rings. The molecule has 0 aliphatic heterocycles. The van der Waals surface area contributed by atoms with E-state index in [0.717, 1.165) is 17.0 Å². The van der Waals surface area contributed by atoms with Gasteiger partial charge in [0.1, 0.15) is 17.8 Å². The lowest BCUT2D eigenvalue weighted by Gasteiger charge is -2.16. The van der Waals surface area contributed by atoms with E-state index in [9.17, 15) is 21.6 Å². The number of benzene rings is 3. The first kappa shape index (κ1) is 25.9. The van der Waals surface area contributed by atoms with Crippen molar-refractivity contribution in [1.29, 1.82) is 0 Å². The Kier molecular flexibility index (Phi) is 6.72. The Balaban J connectivity index is 1.78. The van der Waals surface area contributed by atoms with Crippen LogP contribution in [-0.4, -0.2) is 33.0 Å². The fourth-order valence-corrected chi connectivity index (χ4v) is 4.81. The van der Waals surface area contributed by atoms with Gasteiger partial charge in [-0.1, -0.05) is 40.5 Å². The van der Waals surface area contributed by atoms with Gasteiger partial charge in [-0.25, -0.2) is 22.5 Å². The Labute approximate surface area is 223 Å². The minimum atomic E-state index is -4.76. The smallest absolute Gasteiger partial charge is 0.301 e. The maximum atomic E-state index is 15.8. The summed E-state index contributed by atoms with van der Waals surface area (Å²) in [7, 11) is -2.91. The summed E-state index contributed by atoms with van der Waals surface area (Å²) >= 11 is 12.4. The molecule has 2 aromatic heterocycles. The van der Waals surface area contributed by atoms with Crippen LogP contribution < -0.4 is 0 Å². The summed E-state index contributed by atoms with van der Waals surface area (Å²) in [5.74, 6) is -0.927. The molecule has 3 aromatic carbocycles. The summed E-state index contributed by atoms with van der Waals surface area (Å²) in [5.41, 5.74) is -0.248. The topological polar surface area (TPSA) is 82.7 Å². The number of hydrogen-bond donors (Lipinski definition) is 1. The van der Waals surface area contributed by atoms with Crippen molar-refractivity contribution in [3.05, 3.63) is 94.9 Å². The molecule has 14 heteroatoms. The van der Waals surface area contributed by atoms with Gasteiger partial charge in [0.15, 0.2) is 16.4 Å². The van der Waals surface area contributed by atoms with Gasteiger partial charge in [0.2, 0.25) is 0 Å². The van der Waals surface area contributed by atoms with Crippen LogP contribution in [0.4, 0.5) is 17.6 Å². The summed E-state index contributed by atoms with van der Waals surface area (Å²) in [5, 5.41) is 8.54. The average Bonchev–Trinajstić information content (AvgIpc) is 3.54. The van der Waals surface area contributed by atoms with E-state index in [1.807, 2.05) is 0 Å². The van der Waals surface area contributed by atoms with E-state index in [1.165, 1.54) is 41.2 Å². The molecule has 0 aliphatic carbocycles.